The maximum absolute atomic E-state index is 13.8. The molecule has 2 aliphatic rings. The van der Waals surface area contributed by atoms with Gasteiger partial charge in [0.1, 0.15) is 19.0 Å². The number of nitrogens with zero attached hydrogens (tertiary/aromatic N) is 2. The number of ether oxygens (including phenoxy) is 2. The summed E-state index contributed by atoms with van der Waals surface area (Å²) in [5, 5.41) is 4.70. The van der Waals surface area contributed by atoms with Crippen molar-refractivity contribution >= 4 is 22.5 Å². The Morgan fingerprint density at radius 1 is 1.00 bits per heavy atom. The van der Waals surface area contributed by atoms with Crippen LogP contribution in [-0.2, 0) is 13.1 Å². The van der Waals surface area contributed by atoms with Gasteiger partial charge in [0.2, 0.25) is 0 Å². The van der Waals surface area contributed by atoms with Crippen LogP contribution < -0.4 is 20.3 Å². The van der Waals surface area contributed by atoms with Crippen LogP contribution in [0.4, 0.5) is 4.39 Å². The number of rotatable bonds is 6. The molecular formula is C25H27ClFN3O3. The molecule has 0 amide bonds. The molecule has 0 aliphatic carbocycles. The van der Waals surface area contributed by atoms with E-state index >= 15 is 0 Å². The Labute approximate surface area is 196 Å². The number of nitrogens with one attached hydrogen (secondary N) is 1. The summed E-state index contributed by atoms with van der Waals surface area (Å²) in [7, 11) is 0. The number of benzene rings is 2. The first kappa shape index (κ1) is 22.2. The first-order chi connectivity index (χ1) is 16.1. The zero-order valence-electron chi connectivity index (χ0n) is 18.4. The van der Waals surface area contributed by atoms with Crippen molar-refractivity contribution in [3.8, 4) is 11.5 Å². The summed E-state index contributed by atoms with van der Waals surface area (Å²) < 4.78 is 26.7. The van der Waals surface area contributed by atoms with E-state index in [4.69, 9.17) is 21.1 Å². The van der Waals surface area contributed by atoms with Crippen LogP contribution in [0.15, 0.2) is 47.3 Å². The normalized spacial score (nSPS) is 16.9. The van der Waals surface area contributed by atoms with E-state index in [-0.39, 0.29) is 11.4 Å². The topological polar surface area (TPSA) is 55.7 Å². The molecule has 2 aliphatic heterocycles. The smallest absolute Gasteiger partial charge is 0.252 e. The van der Waals surface area contributed by atoms with Gasteiger partial charge in [0.25, 0.3) is 5.56 Å². The minimum absolute atomic E-state index is 0.200. The third-order valence-electron chi connectivity index (χ3n) is 6.45. The van der Waals surface area contributed by atoms with E-state index in [1.165, 1.54) is 23.8 Å². The molecule has 2 aromatic carbocycles. The van der Waals surface area contributed by atoms with Crippen molar-refractivity contribution in [3.05, 3.63) is 69.2 Å². The molecule has 1 saturated heterocycles. The lowest BCUT2D eigenvalue weighted by Gasteiger charge is -2.32. The largest absolute Gasteiger partial charge is 0.486 e. The van der Waals surface area contributed by atoms with Gasteiger partial charge < -0.3 is 24.3 Å². The van der Waals surface area contributed by atoms with Gasteiger partial charge in [-0.3, -0.25) is 4.79 Å². The summed E-state index contributed by atoms with van der Waals surface area (Å²) >= 11 is 6.19. The Morgan fingerprint density at radius 2 is 1.79 bits per heavy atom. The molecule has 0 radical (unpaired) electrons. The lowest BCUT2D eigenvalue weighted by atomic mass is 10.0. The first-order valence-electron chi connectivity index (χ1n) is 11.4. The number of hydrogen-bond acceptors (Lipinski definition) is 5. The van der Waals surface area contributed by atoms with Crippen molar-refractivity contribution in [1.82, 2.24) is 14.8 Å². The van der Waals surface area contributed by atoms with Gasteiger partial charge in [-0.15, -0.1) is 0 Å². The van der Waals surface area contributed by atoms with Gasteiger partial charge in [0.05, 0.1) is 10.5 Å². The molecule has 3 heterocycles. The average molecular weight is 472 g/mol. The molecule has 1 N–H and O–H groups in total. The molecule has 0 atom stereocenters. The number of likely N-dealkylation sites (tertiary alicyclic amines) is 1. The quantitative estimate of drug-likeness (QED) is 0.592. The number of halogens is 2. The Morgan fingerprint density at radius 3 is 2.61 bits per heavy atom. The van der Waals surface area contributed by atoms with E-state index in [9.17, 15) is 9.18 Å². The summed E-state index contributed by atoms with van der Waals surface area (Å²) in [4.78, 5) is 14.9. The first-order valence-corrected chi connectivity index (χ1v) is 11.8. The second-order valence-electron chi connectivity index (χ2n) is 8.62. The maximum atomic E-state index is 13.8. The van der Waals surface area contributed by atoms with Crippen LogP contribution in [0, 0.1) is 5.82 Å². The zero-order valence-corrected chi connectivity index (χ0v) is 19.1. The minimum Gasteiger partial charge on any atom is -0.486 e. The second kappa shape index (κ2) is 9.71. The van der Waals surface area contributed by atoms with Crippen LogP contribution in [0.25, 0.3) is 10.9 Å². The van der Waals surface area contributed by atoms with Crippen LogP contribution in [0.2, 0.25) is 5.02 Å². The summed E-state index contributed by atoms with van der Waals surface area (Å²) in [5.74, 6) is 1.26. The van der Waals surface area contributed by atoms with Gasteiger partial charge in [-0.25, -0.2) is 4.39 Å². The highest BCUT2D eigenvalue weighted by Gasteiger charge is 2.20. The molecule has 174 valence electrons. The van der Waals surface area contributed by atoms with Crippen molar-refractivity contribution < 1.29 is 13.9 Å². The van der Waals surface area contributed by atoms with Gasteiger partial charge in [-0.1, -0.05) is 17.7 Å². The Hall–Kier alpha value is -2.61. The predicted molar refractivity (Wildman–Crippen MR) is 127 cm³/mol. The highest BCUT2D eigenvalue weighted by Crippen LogP contribution is 2.30. The van der Waals surface area contributed by atoms with Crippen molar-refractivity contribution in [3.63, 3.8) is 0 Å². The number of fused-ring (bicyclic) bond motifs is 2. The van der Waals surface area contributed by atoms with Crippen LogP contribution >= 0.6 is 11.6 Å². The summed E-state index contributed by atoms with van der Waals surface area (Å²) in [6.45, 7) is 5.13. The third kappa shape index (κ3) is 5.00. The number of piperidine rings is 1. The molecule has 0 unspecified atom stereocenters. The predicted octanol–water partition coefficient (Wildman–Crippen LogP) is 3.82. The molecule has 5 rings (SSSR count). The van der Waals surface area contributed by atoms with Gasteiger partial charge in [0, 0.05) is 37.1 Å². The van der Waals surface area contributed by atoms with Crippen LogP contribution in [-0.4, -0.2) is 48.4 Å². The fourth-order valence-electron chi connectivity index (χ4n) is 4.61. The minimum atomic E-state index is -0.372. The Kier molecular flexibility index (Phi) is 6.53. The van der Waals surface area contributed by atoms with Gasteiger partial charge in [-0.05, 0) is 61.8 Å². The molecular weight excluding hydrogens is 445 g/mol. The van der Waals surface area contributed by atoms with Crippen molar-refractivity contribution in [2.24, 2.45) is 0 Å². The zero-order chi connectivity index (χ0) is 22.8. The van der Waals surface area contributed by atoms with E-state index in [0.29, 0.717) is 41.7 Å². The van der Waals surface area contributed by atoms with Crippen molar-refractivity contribution in [2.45, 2.75) is 32.0 Å². The molecule has 8 heteroatoms. The highest BCUT2D eigenvalue weighted by atomic mass is 35.5. The average Bonchev–Trinajstić information content (AvgIpc) is 2.83. The van der Waals surface area contributed by atoms with E-state index in [1.54, 1.807) is 10.6 Å². The monoisotopic (exact) mass is 471 g/mol. The lowest BCUT2D eigenvalue weighted by molar-refractivity contribution is 0.171. The fourth-order valence-corrected chi connectivity index (χ4v) is 4.86. The van der Waals surface area contributed by atoms with E-state index in [2.05, 4.69) is 16.3 Å². The van der Waals surface area contributed by atoms with Crippen molar-refractivity contribution in [1.29, 1.82) is 0 Å². The van der Waals surface area contributed by atoms with Gasteiger partial charge >= 0.3 is 0 Å². The Bertz CT molecular complexity index is 1210. The van der Waals surface area contributed by atoms with Crippen LogP contribution in [0.5, 0.6) is 11.5 Å². The summed E-state index contributed by atoms with van der Waals surface area (Å²) in [6, 6.07) is 12.3. The van der Waals surface area contributed by atoms with Gasteiger partial charge in [0.15, 0.2) is 11.5 Å². The molecule has 0 saturated carbocycles. The number of pyridine rings is 1. The Balaban J connectivity index is 1.14. The van der Waals surface area contributed by atoms with Crippen LogP contribution in [0.3, 0.4) is 0 Å². The van der Waals surface area contributed by atoms with E-state index in [1.807, 2.05) is 12.1 Å². The second-order valence-corrected chi connectivity index (χ2v) is 9.03. The molecule has 6 nitrogen and oxygen atoms in total. The standard InChI is InChI=1S/C25H27ClFN3O3/c26-21-15-25(31)30(22-14-18(27)2-3-20(21)22)10-9-29-7-5-19(6-8-29)28-16-17-1-4-23-24(13-17)33-12-11-32-23/h1-4,13-15,19,28H,5-12,16H2. The van der Waals surface area contributed by atoms with Gasteiger partial charge in [-0.2, -0.15) is 0 Å². The number of aromatic nitrogens is 1. The van der Waals surface area contributed by atoms with E-state index < -0.39 is 0 Å². The molecule has 0 bridgehead atoms. The molecule has 33 heavy (non-hydrogen) atoms. The maximum Gasteiger partial charge on any atom is 0.252 e. The van der Waals surface area contributed by atoms with Crippen molar-refractivity contribution in [2.75, 3.05) is 32.8 Å². The number of hydrogen-bond donors (Lipinski definition) is 1. The fraction of sp³-hybridized carbons (Fsp3) is 0.400. The molecule has 3 aromatic rings. The van der Waals surface area contributed by atoms with E-state index in [0.717, 1.165) is 50.5 Å². The third-order valence-corrected chi connectivity index (χ3v) is 6.77. The SMILES string of the molecule is O=c1cc(Cl)c2ccc(F)cc2n1CCN1CCC(NCc2ccc3c(c2)OCCO3)CC1. The molecule has 1 fully saturated rings. The summed E-state index contributed by atoms with van der Waals surface area (Å²) in [5.41, 5.74) is 1.53. The molecule has 0 spiro atoms. The highest BCUT2D eigenvalue weighted by molar-refractivity contribution is 6.35. The summed E-state index contributed by atoms with van der Waals surface area (Å²) in [6.07, 6.45) is 2.07. The van der Waals surface area contributed by atoms with Crippen LogP contribution in [0.1, 0.15) is 18.4 Å². The lowest BCUT2D eigenvalue weighted by Crippen LogP contribution is -2.43. The molecule has 1 aromatic heterocycles.